The van der Waals surface area contributed by atoms with Crippen molar-refractivity contribution in [3.05, 3.63) is 17.7 Å². The number of methoxy groups -OCH3 is 2. The molecule has 0 heterocycles. The number of ether oxygens (including phenoxy) is 2. The van der Waals surface area contributed by atoms with Crippen LogP contribution >= 0.6 is 0 Å². The summed E-state index contributed by atoms with van der Waals surface area (Å²) in [7, 11) is -0.797. The molecule has 0 saturated carbocycles. The summed E-state index contributed by atoms with van der Waals surface area (Å²) >= 11 is 0. The van der Waals surface area contributed by atoms with E-state index in [1.54, 1.807) is 0 Å². The second-order valence-corrected chi connectivity index (χ2v) is 6.22. The van der Waals surface area contributed by atoms with Crippen molar-refractivity contribution in [2.75, 3.05) is 20.5 Å². The van der Waals surface area contributed by atoms with Gasteiger partial charge in [0.1, 0.15) is 22.4 Å². The summed E-state index contributed by atoms with van der Waals surface area (Å²) in [6, 6.07) is 1.62. The van der Waals surface area contributed by atoms with Crippen LogP contribution in [0.1, 0.15) is 5.56 Å². The van der Waals surface area contributed by atoms with Crippen LogP contribution < -0.4 is 15.2 Å². The number of carbonyl (C=O) groups is 1. The lowest BCUT2D eigenvalue weighted by molar-refractivity contribution is -0.138. The number of benzene rings is 1. The quantitative estimate of drug-likeness (QED) is 0.763. The molecule has 1 aromatic rings. The summed E-state index contributed by atoms with van der Waals surface area (Å²) in [5, 5.41) is 8.82. The molecule has 0 aliphatic rings. The molecule has 0 spiro atoms. The van der Waals surface area contributed by atoms with Gasteiger partial charge < -0.3 is 20.3 Å². The Kier molecular flexibility index (Phi) is 4.96. The monoisotopic (exact) mass is 303 g/mol. The van der Waals surface area contributed by atoms with E-state index in [-0.39, 0.29) is 22.8 Å². The van der Waals surface area contributed by atoms with E-state index in [0.717, 1.165) is 6.26 Å². The molecular weight excluding hydrogens is 286 g/mol. The first kappa shape index (κ1) is 16.3. The molecule has 1 rings (SSSR count). The summed E-state index contributed by atoms with van der Waals surface area (Å²) < 4.78 is 33.5. The van der Waals surface area contributed by atoms with Crippen molar-refractivity contribution < 1.29 is 27.8 Å². The third-order valence-corrected chi connectivity index (χ3v) is 3.84. The van der Waals surface area contributed by atoms with Crippen LogP contribution in [-0.2, 0) is 21.1 Å². The van der Waals surface area contributed by atoms with Crippen molar-refractivity contribution in [1.29, 1.82) is 0 Å². The van der Waals surface area contributed by atoms with Gasteiger partial charge in [0.25, 0.3) is 0 Å². The Morgan fingerprint density at radius 1 is 1.30 bits per heavy atom. The van der Waals surface area contributed by atoms with Gasteiger partial charge in [-0.1, -0.05) is 0 Å². The molecule has 8 heteroatoms. The van der Waals surface area contributed by atoms with Gasteiger partial charge in [-0.15, -0.1) is 0 Å². The van der Waals surface area contributed by atoms with Crippen molar-refractivity contribution in [3.63, 3.8) is 0 Å². The van der Waals surface area contributed by atoms with Gasteiger partial charge in [0.2, 0.25) is 0 Å². The number of aliphatic carboxylic acids is 1. The fourth-order valence-corrected chi connectivity index (χ4v) is 2.54. The van der Waals surface area contributed by atoms with E-state index < -0.39 is 21.8 Å². The zero-order valence-corrected chi connectivity index (χ0v) is 12.2. The third-order valence-electron chi connectivity index (χ3n) is 2.72. The summed E-state index contributed by atoms with van der Waals surface area (Å²) in [6.07, 6.45) is 1.05. The highest BCUT2D eigenvalue weighted by Gasteiger charge is 2.21. The molecule has 1 unspecified atom stereocenters. The minimum Gasteiger partial charge on any atom is -0.496 e. The Morgan fingerprint density at radius 2 is 1.85 bits per heavy atom. The molecule has 0 aliphatic heterocycles. The van der Waals surface area contributed by atoms with Crippen LogP contribution in [0.3, 0.4) is 0 Å². The lowest BCUT2D eigenvalue weighted by Crippen LogP contribution is -2.32. The maximum atomic E-state index is 11.7. The van der Waals surface area contributed by atoms with Gasteiger partial charge in [-0.2, -0.15) is 0 Å². The highest BCUT2D eigenvalue weighted by atomic mass is 32.2. The minimum atomic E-state index is -3.49. The summed E-state index contributed by atoms with van der Waals surface area (Å²) in [4.78, 5) is 10.8. The maximum Gasteiger partial charge on any atom is 0.320 e. The molecule has 20 heavy (non-hydrogen) atoms. The second kappa shape index (κ2) is 6.10. The zero-order chi connectivity index (χ0) is 15.5. The molecule has 0 bridgehead atoms. The second-order valence-electron chi connectivity index (χ2n) is 4.24. The predicted octanol–water partition coefficient (Wildman–Crippen LogP) is 0.0617. The Morgan fingerprint density at radius 3 is 2.25 bits per heavy atom. The van der Waals surface area contributed by atoms with Gasteiger partial charge in [-0.3, -0.25) is 4.79 Å². The maximum absolute atomic E-state index is 11.7. The smallest absolute Gasteiger partial charge is 0.320 e. The predicted molar refractivity (Wildman–Crippen MR) is 72.0 cm³/mol. The van der Waals surface area contributed by atoms with E-state index in [4.69, 9.17) is 20.3 Å². The Bertz CT molecular complexity index is 611. The molecule has 7 nitrogen and oxygen atoms in total. The Balaban J connectivity index is 3.37. The number of carboxylic acids is 1. The van der Waals surface area contributed by atoms with Crippen LogP contribution in [0.4, 0.5) is 0 Å². The summed E-state index contributed by atoms with van der Waals surface area (Å²) in [5.41, 5.74) is 5.94. The van der Waals surface area contributed by atoms with Crippen molar-refractivity contribution in [3.8, 4) is 11.5 Å². The summed E-state index contributed by atoms with van der Waals surface area (Å²) in [6.45, 7) is 0. The Hall–Kier alpha value is -1.80. The molecule has 0 fully saturated rings. The van der Waals surface area contributed by atoms with Crippen molar-refractivity contribution >= 4 is 15.8 Å². The zero-order valence-electron chi connectivity index (χ0n) is 11.4. The molecule has 0 radical (unpaired) electrons. The van der Waals surface area contributed by atoms with E-state index in [0.29, 0.717) is 5.56 Å². The molecule has 0 aliphatic carbocycles. The van der Waals surface area contributed by atoms with Gasteiger partial charge >= 0.3 is 5.97 Å². The first-order chi connectivity index (χ1) is 9.20. The number of hydrogen-bond donors (Lipinski definition) is 2. The fourth-order valence-electron chi connectivity index (χ4n) is 1.71. The average molecular weight is 303 g/mol. The number of nitrogens with two attached hydrogens (primary N) is 1. The van der Waals surface area contributed by atoms with Crippen LogP contribution in [0, 0.1) is 0 Å². The average Bonchev–Trinajstić information content (AvgIpc) is 2.36. The van der Waals surface area contributed by atoms with Crippen LogP contribution in [0.5, 0.6) is 11.5 Å². The van der Waals surface area contributed by atoms with Crippen LogP contribution in [0.25, 0.3) is 0 Å². The van der Waals surface area contributed by atoms with Crippen LogP contribution in [0.15, 0.2) is 17.0 Å². The minimum absolute atomic E-state index is 0.00108. The number of carboxylic acid groups (broad SMARTS) is 1. The van der Waals surface area contributed by atoms with Gasteiger partial charge in [0.15, 0.2) is 9.84 Å². The first-order valence-corrected chi connectivity index (χ1v) is 7.53. The largest absolute Gasteiger partial charge is 0.496 e. The molecule has 1 aromatic carbocycles. The topological polar surface area (TPSA) is 116 Å². The molecule has 112 valence electrons. The van der Waals surface area contributed by atoms with Crippen molar-refractivity contribution in [1.82, 2.24) is 0 Å². The lowest BCUT2D eigenvalue weighted by Gasteiger charge is -2.15. The van der Waals surface area contributed by atoms with Crippen molar-refractivity contribution in [2.24, 2.45) is 5.73 Å². The highest BCUT2D eigenvalue weighted by Crippen LogP contribution is 2.32. The van der Waals surface area contributed by atoms with E-state index in [1.807, 2.05) is 0 Å². The number of rotatable bonds is 6. The highest BCUT2D eigenvalue weighted by molar-refractivity contribution is 7.90. The van der Waals surface area contributed by atoms with E-state index >= 15 is 0 Å². The van der Waals surface area contributed by atoms with E-state index in [9.17, 15) is 13.2 Å². The normalized spacial score (nSPS) is 12.8. The third kappa shape index (κ3) is 3.61. The van der Waals surface area contributed by atoms with Gasteiger partial charge in [0, 0.05) is 18.7 Å². The number of hydrogen-bond acceptors (Lipinski definition) is 6. The SMILES string of the molecule is COc1cc(S(C)(=O)=O)c(OC)cc1CC(N)C(=O)O. The van der Waals surface area contributed by atoms with Crippen LogP contribution in [-0.4, -0.2) is 46.0 Å². The van der Waals surface area contributed by atoms with Gasteiger partial charge in [-0.25, -0.2) is 8.42 Å². The van der Waals surface area contributed by atoms with Gasteiger partial charge in [0.05, 0.1) is 14.2 Å². The van der Waals surface area contributed by atoms with Crippen LogP contribution in [0.2, 0.25) is 0 Å². The summed E-state index contributed by atoms with van der Waals surface area (Å²) in [5.74, 6) is -0.776. The molecule has 3 N–H and O–H groups in total. The lowest BCUT2D eigenvalue weighted by atomic mass is 10.1. The molecule has 0 aromatic heterocycles. The standard InChI is InChI=1S/C12H17NO6S/c1-18-9-6-11(20(3,16)17)10(19-2)5-7(9)4-8(13)12(14)15/h5-6,8H,4,13H2,1-3H3,(H,14,15). The molecule has 1 atom stereocenters. The molecule has 0 amide bonds. The first-order valence-electron chi connectivity index (χ1n) is 5.64. The molecule has 0 saturated heterocycles. The fraction of sp³-hybridized carbons (Fsp3) is 0.417. The number of sulfone groups is 1. The van der Waals surface area contributed by atoms with E-state index in [2.05, 4.69) is 0 Å². The van der Waals surface area contributed by atoms with E-state index in [1.165, 1.54) is 26.4 Å². The molecular formula is C12H17NO6S. The Labute approximate surface area is 117 Å². The van der Waals surface area contributed by atoms with Crippen molar-refractivity contribution in [2.45, 2.75) is 17.4 Å². The van der Waals surface area contributed by atoms with Gasteiger partial charge in [-0.05, 0) is 11.6 Å².